The average molecular weight is 682 g/mol. The number of nitrogens with zero attached hydrogens (tertiary/aromatic N) is 4. The number of carbonyl (C=O) groups excluding carboxylic acids is 1. The van der Waals surface area contributed by atoms with Gasteiger partial charge < -0.3 is 20.3 Å². The smallest absolute Gasteiger partial charge is 0.394 e. The average Bonchev–Trinajstić information content (AvgIpc) is 3.37. The van der Waals surface area contributed by atoms with Crippen LogP contribution in [0.4, 0.5) is 13.2 Å². The lowest BCUT2D eigenvalue weighted by atomic mass is 9.89. The van der Waals surface area contributed by atoms with Crippen LogP contribution in [0, 0.1) is 6.92 Å². The van der Waals surface area contributed by atoms with E-state index in [1.807, 2.05) is 30.0 Å². The molecule has 1 unspecified atom stereocenters. The third-order valence-electron chi connectivity index (χ3n) is 9.22. The van der Waals surface area contributed by atoms with E-state index in [-0.39, 0.29) is 56.1 Å². The predicted molar refractivity (Wildman–Crippen MR) is 169 cm³/mol. The topological polar surface area (TPSA) is 135 Å². The van der Waals surface area contributed by atoms with Gasteiger partial charge in [-0.25, -0.2) is 12.7 Å². The van der Waals surface area contributed by atoms with Gasteiger partial charge in [-0.05, 0) is 55.0 Å². The second-order valence-electron chi connectivity index (χ2n) is 12.3. The largest absolute Gasteiger partial charge is 0.416 e. The quantitative estimate of drug-likeness (QED) is 0.290. The number of hydrogen-bond acceptors (Lipinski definition) is 9. The van der Waals surface area contributed by atoms with Crippen LogP contribution in [0.1, 0.15) is 46.9 Å². The molecule has 3 heterocycles. The molecule has 0 aliphatic carbocycles. The van der Waals surface area contributed by atoms with Crippen molar-refractivity contribution in [1.29, 1.82) is 0 Å². The van der Waals surface area contributed by atoms with E-state index in [0.717, 1.165) is 48.5 Å². The van der Waals surface area contributed by atoms with Crippen molar-refractivity contribution < 1.29 is 41.3 Å². The minimum absolute atomic E-state index is 0.00448. The molecule has 11 nitrogen and oxygen atoms in total. The molecule has 3 aliphatic rings. The minimum Gasteiger partial charge on any atom is -0.394 e. The van der Waals surface area contributed by atoms with Gasteiger partial charge in [-0.2, -0.15) is 13.2 Å². The van der Waals surface area contributed by atoms with E-state index < -0.39 is 39.4 Å². The number of nitrogens with one attached hydrogen (secondary N) is 1. The Morgan fingerprint density at radius 2 is 1.77 bits per heavy atom. The fourth-order valence-corrected chi connectivity index (χ4v) is 7.78. The van der Waals surface area contributed by atoms with Gasteiger partial charge in [0.1, 0.15) is 17.6 Å². The molecule has 258 valence electrons. The number of carbonyl (C=O) groups is 1. The maximum absolute atomic E-state index is 13.3. The van der Waals surface area contributed by atoms with Crippen molar-refractivity contribution in [3.63, 3.8) is 0 Å². The number of sulfonamides is 1. The van der Waals surface area contributed by atoms with Crippen molar-refractivity contribution in [2.24, 2.45) is 4.99 Å². The molecular formula is C32H42F3N5O6S. The van der Waals surface area contributed by atoms with Crippen molar-refractivity contribution >= 4 is 21.8 Å². The summed E-state index contributed by atoms with van der Waals surface area (Å²) in [5.41, 5.74) is 0.569. The van der Waals surface area contributed by atoms with Crippen LogP contribution < -0.4 is 5.32 Å². The predicted octanol–water partition coefficient (Wildman–Crippen LogP) is 1.91. The Labute approximate surface area is 273 Å². The molecule has 5 rings (SSSR count). The van der Waals surface area contributed by atoms with Gasteiger partial charge in [-0.1, -0.05) is 30.3 Å². The number of amides is 1. The van der Waals surface area contributed by atoms with Crippen LogP contribution in [0.15, 0.2) is 47.5 Å². The number of piperidine rings is 1. The number of aliphatic hydroxyl groups is 2. The van der Waals surface area contributed by atoms with Gasteiger partial charge in [0.25, 0.3) is 5.91 Å². The zero-order valence-electron chi connectivity index (χ0n) is 26.4. The molecule has 0 aromatic heterocycles. The zero-order chi connectivity index (χ0) is 33.8. The number of alkyl halides is 3. The molecule has 47 heavy (non-hydrogen) atoms. The number of rotatable bonds is 12. The van der Waals surface area contributed by atoms with Gasteiger partial charge >= 0.3 is 6.18 Å². The number of halogens is 3. The van der Waals surface area contributed by atoms with Crippen LogP contribution in [0.2, 0.25) is 0 Å². The molecule has 3 N–H and O–H groups in total. The number of ether oxygens (including phenoxy) is 1. The Hall–Kier alpha value is -2.92. The number of aliphatic hydroxyl groups excluding tert-OH is 2. The van der Waals surface area contributed by atoms with Crippen LogP contribution in [0.5, 0.6) is 0 Å². The summed E-state index contributed by atoms with van der Waals surface area (Å²) in [5, 5.41) is 22.4. The van der Waals surface area contributed by atoms with Crippen molar-refractivity contribution in [3.8, 4) is 0 Å². The third kappa shape index (κ3) is 8.39. The summed E-state index contributed by atoms with van der Waals surface area (Å²) in [6, 6.07) is 10.2. The maximum Gasteiger partial charge on any atom is 0.416 e. The van der Waals surface area contributed by atoms with E-state index in [0.29, 0.717) is 26.3 Å². The van der Waals surface area contributed by atoms with E-state index in [4.69, 9.17) is 9.84 Å². The van der Waals surface area contributed by atoms with Crippen molar-refractivity contribution in [2.45, 2.75) is 44.1 Å². The molecule has 2 saturated heterocycles. The molecule has 1 atom stereocenters. The highest BCUT2D eigenvalue weighted by atomic mass is 32.2. The molecule has 2 aromatic rings. The lowest BCUT2D eigenvalue weighted by molar-refractivity contribution is -0.137. The number of aliphatic imine (C=N–C) groups is 1. The van der Waals surface area contributed by atoms with Crippen LogP contribution in [-0.2, 0) is 32.2 Å². The van der Waals surface area contributed by atoms with Gasteiger partial charge in [0.15, 0.2) is 0 Å². The lowest BCUT2D eigenvalue weighted by Crippen LogP contribution is -2.50. The van der Waals surface area contributed by atoms with Crippen LogP contribution in [0.3, 0.4) is 0 Å². The highest BCUT2D eigenvalue weighted by Gasteiger charge is 2.47. The van der Waals surface area contributed by atoms with Gasteiger partial charge in [0, 0.05) is 51.4 Å². The maximum atomic E-state index is 13.3. The molecule has 1 spiro atoms. The Kier molecular flexibility index (Phi) is 11.1. The molecule has 3 aliphatic heterocycles. The van der Waals surface area contributed by atoms with Crippen molar-refractivity contribution in [3.05, 3.63) is 70.3 Å². The van der Waals surface area contributed by atoms with E-state index in [1.54, 1.807) is 0 Å². The highest BCUT2D eigenvalue weighted by Crippen LogP contribution is 2.34. The highest BCUT2D eigenvalue weighted by molar-refractivity contribution is 7.89. The number of aryl methyl sites for hydroxylation is 2. The fraction of sp³-hybridized carbons (Fsp3) is 0.562. The Balaban J connectivity index is 1.13. The van der Waals surface area contributed by atoms with E-state index in [1.165, 1.54) is 16.4 Å². The van der Waals surface area contributed by atoms with Gasteiger partial charge in [0.2, 0.25) is 10.0 Å². The van der Waals surface area contributed by atoms with Crippen molar-refractivity contribution in [2.75, 3.05) is 71.4 Å². The minimum atomic E-state index is -4.53. The molecule has 2 fully saturated rings. The first kappa shape index (κ1) is 35.4. The summed E-state index contributed by atoms with van der Waals surface area (Å²) in [6.45, 7) is 6.66. The first-order valence-corrected chi connectivity index (χ1v) is 17.4. The SMILES string of the molecule is Cc1cc(C(O)N2CCN(CCOCCO)CC2)ccc1CCS(=O)(=O)N1CCC2(CC1)N=C(c1cccc(C(F)(F)F)c1)NC2=O. The summed E-state index contributed by atoms with van der Waals surface area (Å²) in [4.78, 5) is 21.7. The third-order valence-corrected chi connectivity index (χ3v) is 11.1. The first-order chi connectivity index (χ1) is 22.3. The Morgan fingerprint density at radius 3 is 2.43 bits per heavy atom. The fourth-order valence-electron chi connectivity index (χ4n) is 6.30. The van der Waals surface area contributed by atoms with Crippen LogP contribution in [0.25, 0.3) is 0 Å². The monoisotopic (exact) mass is 681 g/mol. The zero-order valence-corrected chi connectivity index (χ0v) is 27.2. The van der Waals surface area contributed by atoms with E-state index in [2.05, 4.69) is 15.2 Å². The number of piperazine rings is 1. The summed E-state index contributed by atoms with van der Waals surface area (Å²) >= 11 is 0. The van der Waals surface area contributed by atoms with Gasteiger partial charge in [0.05, 0.1) is 31.1 Å². The summed E-state index contributed by atoms with van der Waals surface area (Å²) < 4.78 is 72.9. The van der Waals surface area contributed by atoms with E-state index >= 15 is 0 Å². The number of benzene rings is 2. The molecule has 2 aromatic carbocycles. The molecular weight excluding hydrogens is 639 g/mol. The standard InChI is InChI=1S/C32H42F3N5O6S/c1-23-21-26(29(42)39-14-12-38(13-15-39)16-18-46-19-17-41)6-5-24(23)7-20-47(44,45)40-10-8-31(9-11-40)30(43)36-28(37-31)25-3-2-4-27(22-25)32(33,34)35/h2-6,21-22,29,41-42H,7-20H2,1H3,(H,36,37,43). The van der Waals surface area contributed by atoms with E-state index in [9.17, 15) is 31.5 Å². The molecule has 0 bridgehead atoms. The van der Waals surface area contributed by atoms with Crippen LogP contribution >= 0.6 is 0 Å². The summed E-state index contributed by atoms with van der Waals surface area (Å²) in [5.74, 6) is -0.507. The van der Waals surface area contributed by atoms with Gasteiger partial charge in [-0.3, -0.25) is 19.6 Å². The first-order valence-electron chi connectivity index (χ1n) is 15.8. The summed E-state index contributed by atoms with van der Waals surface area (Å²) in [6.07, 6.45) is -4.78. The normalized spacial score (nSPS) is 20.4. The number of amidine groups is 1. The molecule has 0 radical (unpaired) electrons. The van der Waals surface area contributed by atoms with Crippen LogP contribution in [-0.4, -0.2) is 121 Å². The second-order valence-corrected chi connectivity index (χ2v) is 14.4. The molecule has 15 heteroatoms. The second kappa shape index (κ2) is 14.7. The molecule has 1 amide bonds. The molecule has 0 saturated carbocycles. The number of hydrogen-bond donors (Lipinski definition) is 3. The summed E-state index contributed by atoms with van der Waals surface area (Å²) in [7, 11) is -3.66. The van der Waals surface area contributed by atoms with Gasteiger partial charge in [-0.15, -0.1) is 0 Å². The Bertz CT molecular complexity index is 1550. The van der Waals surface area contributed by atoms with Crippen molar-refractivity contribution in [1.82, 2.24) is 19.4 Å². The lowest BCUT2D eigenvalue weighted by Gasteiger charge is -2.37. The Morgan fingerprint density at radius 1 is 1.04 bits per heavy atom.